The van der Waals surface area contributed by atoms with Gasteiger partial charge < -0.3 is 76.6 Å². The van der Waals surface area contributed by atoms with Crippen LogP contribution in [0.3, 0.4) is 0 Å². The summed E-state index contributed by atoms with van der Waals surface area (Å²) in [4.78, 5) is 116. The molecular formula is C115H116F4N20O10. The number of amides is 5. The molecule has 10 N–H and O–H groups in total. The summed E-state index contributed by atoms with van der Waals surface area (Å²) < 4.78 is 55.1. The van der Waals surface area contributed by atoms with E-state index in [9.17, 15) is 37.1 Å². The minimum atomic E-state index is -4.44. The van der Waals surface area contributed by atoms with Gasteiger partial charge in [-0.15, -0.1) is 0 Å². The van der Waals surface area contributed by atoms with Crippen molar-refractivity contribution in [2.75, 3.05) is 123 Å². The molecule has 30 nitrogen and oxygen atoms in total. The van der Waals surface area contributed by atoms with Crippen LogP contribution in [-0.2, 0) is 64.0 Å². The number of alkyl halides is 4. The van der Waals surface area contributed by atoms with E-state index in [0.717, 1.165) is 161 Å². The Kier molecular flexibility index (Phi) is 35.4. The van der Waals surface area contributed by atoms with Gasteiger partial charge in [-0.05, 0) is 182 Å². The molecule has 34 heteroatoms. The highest BCUT2D eigenvalue weighted by Gasteiger charge is 2.36. The van der Waals surface area contributed by atoms with Crippen molar-refractivity contribution in [3.63, 3.8) is 0 Å². The molecule has 1 unspecified atom stereocenters. The predicted octanol–water partition coefficient (Wildman–Crippen LogP) is 15.1. The molecule has 0 radical (unpaired) electrons. The van der Waals surface area contributed by atoms with Gasteiger partial charge in [0.05, 0.1) is 67.1 Å². The summed E-state index contributed by atoms with van der Waals surface area (Å²) >= 11 is 0. The summed E-state index contributed by atoms with van der Waals surface area (Å²) in [5.41, 5.74) is 24.7. The van der Waals surface area contributed by atoms with Crippen LogP contribution in [0, 0.1) is 27.7 Å². The number of nitrogens with one attached hydrogen (secondary N) is 5. The number of anilines is 10. The van der Waals surface area contributed by atoms with Crippen LogP contribution in [-0.4, -0.2) is 203 Å². The van der Waals surface area contributed by atoms with E-state index in [1.807, 2.05) is 126 Å². The van der Waals surface area contributed by atoms with Crippen molar-refractivity contribution in [2.45, 2.75) is 97.8 Å². The minimum absolute atomic E-state index is 0.0233. The Hall–Kier alpha value is -16.5. The number of fused-ring (bicyclic) bond motifs is 5. The Morgan fingerprint density at radius 3 is 0.906 bits per heavy atom. The first-order chi connectivity index (χ1) is 72.4. The molecule has 0 saturated carbocycles. The molecule has 1 atom stereocenters. The molecule has 0 fully saturated rings. The molecule has 5 aliphatic heterocycles. The summed E-state index contributed by atoms with van der Waals surface area (Å²) in [6.07, 6.45) is 7.65. The summed E-state index contributed by atoms with van der Waals surface area (Å²) in [7, 11) is 0. The van der Waals surface area contributed by atoms with Crippen molar-refractivity contribution in [2.24, 2.45) is 0 Å². The lowest BCUT2D eigenvalue weighted by Crippen LogP contribution is -2.27. The number of aromatic nitrogens is 10. The van der Waals surface area contributed by atoms with E-state index in [1.54, 1.807) is 61.4 Å². The molecular weight excluding hydrogens is 1900 g/mol. The fourth-order valence-electron chi connectivity index (χ4n) is 19.0. The number of hydrogen-bond donors (Lipinski definition) is 10. The second-order valence-corrected chi connectivity index (χ2v) is 36.3. The van der Waals surface area contributed by atoms with E-state index < -0.39 is 17.9 Å². The Labute approximate surface area is 860 Å². The Bertz CT molecular complexity index is 7100. The maximum Gasteiger partial charge on any atom is 0.416 e. The van der Waals surface area contributed by atoms with Gasteiger partial charge in [-0.2, -0.15) is 13.2 Å². The topological polar surface area (TPSA) is 392 Å². The number of benzene rings is 10. The van der Waals surface area contributed by atoms with Crippen molar-refractivity contribution in [1.82, 2.24) is 76.4 Å². The fourth-order valence-corrected chi connectivity index (χ4v) is 19.0. The number of halogens is 4. The van der Waals surface area contributed by atoms with Gasteiger partial charge in [0.1, 0.15) is 60.7 Å². The Morgan fingerprint density at radius 2 is 0.591 bits per heavy atom. The third-order valence-corrected chi connectivity index (χ3v) is 26.0. The average Bonchev–Trinajstić information content (AvgIpc) is 1.66. The van der Waals surface area contributed by atoms with Crippen LogP contribution in [0.5, 0.6) is 0 Å². The molecule has 0 bridgehead atoms. The highest BCUT2D eigenvalue weighted by atomic mass is 19.4. The van der Waals surface area contributed by atoms with Crippen LogP contribution >= 0.6 is 0 Å². The number of aliphatic hydroxyl groups excluding tert-OH is 5. The lowest BCUT2D eigenvalue weighted by molar-refractivity contribution is -0.138. The van der Waals surface area contributed by atoms with Gasteiger partial charge in [-0.1, -0.05) is 168 Å². The molecule has 5 aliphatic rings. The summed E-state index contributed by atoms with van der Waals surface area (Å²) in [5, 5.41) is 58.3. The number of hydrogen-bond acceptors (Lipinski definition) is 25. The van der Waals surface area contributed by atoms with Crippen molar-refractivity contribution in [1.29, 1.82) is 0 Å². The smallest absolute Gasteiger partial charge is 0.395 e. The lowest BCUT2D eigenvalue weighted by Gasteiger charge is -2.20. The van der Waals surface area contributed by atoms with E-state index in [1.165, 1.54) is 58.2 Å². The quantitative estimate of drug-likeness (QED) is 0.0187. The van der Waals surface area contributed by atoms with Crippen molar-refractivity contribution < 1.29 is 67.1 Å². The number of aryl methyl sites for hydroxylation is 4. The SMILES string of the molecule is Cc1ccc(Cc2cc(N3CCc4c(C(=O)NCCO)cccc43)ncn2)cc1.Cc1cccc(C(F)c2cc(N3CCc4c(C(=O)NCCO)cccc43)ncn2)c1.Cc1cccc(Cc2cc(N3CCc4c(C(=O)NCCO)cccc43)ncn2)c1.Cc1cccc(Cc2cc(N3CCc4c(C(=O)NCCO)cccc43)ncn2)c1.O=C(NCCO)c1cccc2c1CCN2c1cc(Cc2ccccc2C(F)(F)F)ncn1. The molecule has 10 aromatic carbocycles. The van der Waals surface area contributed by atoms with E-state index in [-0.39, 0.29) is 107 Å². The van der Waals surface area contributed by atoms with E-state index >= 15 is 4.39 Å². The van der Waals surface area contributed by atoms with E-state index in [2.05, 4.69) is 185 Å². The van der Waals surface area contributed by atoms with Crippen LogP contribution in [0.15, 0.2) is 274 Å². The predicted molar refractivity (Wildman–Crippen MR) is 563 cm³/mol. The zero-order valence-electron chi connectivity index (χ0n) is 83.0. The van der Waals surface area contributed by atoms with E-state index in [0.29, 0.717) is 82.3 Å². The molecule has 15 aromatic rings. The number of carbonyl (C=O) groups is 5. The maximum absolute atomic E-state index is 15.1. The maximum atomic E-state index is 15.1. The third kappa shape index (κ3) is 26.3. The van der Waals surface area contributed by atoms with E-state index in [4.69, 9.17) is 25.5 Å². The summed E-state index contributed by atoms with van der Waals surface area (Å²) in [6, 6.07) is 75.7. The number of aliphatic hydroxyl groups is 5. The van der Waals surface area contributed by atoms with Gasteiger partial charge in [0.2, 0.25) is 0 Å². The van der Waals surface area contributed by atoms with Gasteiger partial charge in [-0.25, -0.2) is 54.2 Å². The molecule has 20 rings (SSSR count). The highest BCUT2D eigenvalue weighted by Crippen LogP contribution is 2.43. The molecule has 0 aliphatic carbocycles. The largest absolute Gasteiger partial charge is 0.416 e. The Morgan fingerprint density at radius 1 is 0.302 bits per heavy atom. The van der Waals surface area contributed by atoms with Crippen LogP contribution in [0.4, 0.5) is 75.1 Å². The molecule has 764 valence electrons. The minimum Gasteiger partial charge on any atom is -0.395 e. The van der Waals surface area contributed by atoms with Crippen LogP contribution in [0.25, 0.3) is 0 Å². The third-order valence-electron chi connectivity index (χ3n) is 26.0. The lowest BCUT2D eigenvalue weighted by atomic mass is 10.0. The second-order valence-electron chi connectivity index (χ2n) is 36.3. The monoisotopic (exact) mass is 2010 g/mol. The first-order valence-electron chi connectivity index (χ1n) is 49.4. The summed E-state index contributed by atoms with van der Waals surface area (Å²) in [5.74, 6) is 2.76. The molecule has 5 aromatic heterocycles. The van der Waals surface area contributed by atoms with Gasteiger partial charge in [0.15, 0.2) is 6.17 Å². The normalized spacial score (nSPS) is 13.0. The van der Waals surface area contributed by atoms with Crippen molar-refractivity contribution in [3.05, 3.63) is 414 Å². The van der Waals surface area contributed by atoms with Crippen LogP contribution in [0.2, 0.25) is 0 Å². The van der Waals surface area contributed by atoms with Crippen LogP contribution < -0.4 is 51.1 Å². The number of carbonyl (C=O) groups excluding carboxylic acids is 5. The molecule has 0 saturated heterocycles. The average molecular weight is 2010 g/mol. The molecule has 149 heavy (non-hydrogen) atoms. The second kappa shape index (κ2) is 50.0. The molecule has 0 spiro atoms. The zero-order chi connectivity index (χ0) is 104. The van der Waals surface area contributed by atoms with Crippen molar-refractivity contribution >= 4 is 87.1 Å². The highest BCUT2D eigenvalue weighted by molar-refractivity contribution is 6.01. The number of rotatable bonds is 30. The van der Waals surface area contributed by atoms with Gasteiger partial charge in [-0.3, -0.25) is 24.0 Å². The van der Waals surface area contributed by atoms with Crippen LogP contribution in [0.1, 0.15) is 170 Å². The Balaban J connectivity index is 0.000000133. The molecule has 10 heterocycles. The fraction of sp³-hybridized carbons (Fsp3) is 0.261. The first kappa shape index (κ1) is 105. The van der Waals surface area contributed by atoms with Gasteiger partial charge >= 0.3 is 6.18 Å². The first-order valence-corrected chi connectivity index (χ1v) is 49.4. The molecule has 5 amide bonds. The zero-order valence-corrected chi connectivity index (χ0v) is 83.0. The summed E-state index contributed by atoms with van der Waals surface area (Å²) in [6.45, 7) is 12.3. The van der Waals surface area contributed by atoms with Crippen molar-refractivity contribution in [3.8, 4) is 0 Å². The standard InChI is InChI=1S/C23H21F3N4O2.C23H23FN4O2.3C23H24N4O2/c24-23(25,26)19-6-2-1-4-15(19)12-16-13-21(29-14-28-16)30-10-8-17-18(5-3-7-20(17)30)22(32)27-9-11-31;1-15-4-2-5-16(12-15)22(24)19-13-21(27-14-26-19)28-10-8-17-18(6-3-7-20(17)28)23(30)25-9-11-29;2*1-16-4-2-5-17(12-16)13-18-14-22(26-15-25-18)27-10-8-19-20(6-3-7-21(19)27)23(29)24-9-11-28;1-16-5-7-17(8-6-16)13-18-14-22(26-15-25-18)27-11-9-19-20(3-2-4-21(19)27)23(29)24-10-12-28/h1-7,13-14,31H,8-12H2,(H,27,32);2-7,12-14,22,29H,8-11H2,1H3,(H,25,30);2*2-7,12,14-15,28H,8-11,13H2,1H3,(H,24,29);2-8,14-15,28H,9-13H2,1H3,(H,24,29). The number of nitrogens with zero attached hydrogens (tertiary/aromatic N) is 15. The van der Waals surface area contributed by atoms with Gasteiger partial charge in [0.25, 0.3) is 29.5 Å². The van der Waals surface area contributed by atoms with Gasteiger partial charge in [0, 0.05) is 178 Å².